The molecule has 1 heterocycles. The molecule has 16 heavy (non-hydrogen) atoms. The Morgan fingerprint density at radius 1 is 1.38 bits per heavy atom. The fourth-order valence-electron chi connectivity index (χ4n) is 2.37. The smallest absolute Gasteiger partial charge is 0.239 e. The van der Waals surface area contributed by atoms with Gasteiger partial charge in [0.05, 0.1) is 6.04 Å². The van der Waals surface area contributed by atoms with Gasteiger partial charge in [-0.25, -0.2) is 0 Å². The van der Waals surface area contributed by atoms with Crippen molar-refractivity contribution in [2.45, 2.75) is 58.5 Å². The summed E-state index contributed by atoms with van der Waals surface area (Å²) in [5, 5.41) is 3.32. The number of nitrogens with zero attached hydrogens (tertiary/aromatic N) is 1. The second kappa shape index (κ2) is 6.24. The van der Waals surface area contributed by atoms with Crippen molar-refractivity contribution in [2.75, 3.05) is 13.6 Å². The van der Waals surface area contributed by atoms with Gasteiger partial charge >= 0.3 is 0 Å². The molecule has 0 radical (unpaired) electrons. The average molecular weight is 226 g/mol. The van der Waals surface area contributed by atoms with Crippen molar-refractivity contribution in [1.82, 2.24) is 10.2 Å². The highest BCUT2D eigenvalue weighted by Crippen LogP contribution is 2.14. The fourth-order valence-corrected chi connectivity index (χ4v) is 2.37. The standard InChI is InChI=1S/C13H26N2O/c1-10(2)9-11(3)15(4)13(16)12-7-5-6-8-14-12/h10-12,14H,5-9H2,1-4H3/t11?,12-/m1/s1. The van der Waals surface area contributed by atoms with Gasteiger partial charge in [0.15, 0.2) is 0 Å². The number of rotatable bonds is 4. The summed E-state index contributed by atoms with van der Waals surface area (Å²) in [6, 6.07) is 0.407. The van der Waals surface area contributed by atoms with Gasteiger partial charge in [-0.15, -0.1) is 0 Å². The summed E-state index contributed by atoms with van der Waals surface area (Å²) in [5.41, 5.74) is 0. The Labute approximate surface area is 99.6 Å². The Morgan fingerprint density at radius 2 is 2.06 bits per heavy atom. The van der Waals surface area contributed by atoms with Crippen LogP contribution in [0.4, 0.5) is 0 Å². The van der Waals surface area contributed by atoms with E-state index in [0.717, 1.165) is 19.4 Å². The maximum atomic E-state index is 12.2. The van der Waals surface area contributed by atoms with Gasteiger partial charge in [0.25, 0.3) is 0 Å². The van der Waals surface area contributed by atoms with E-state index in [9.17, 15) is 4.79 Å². The summed E-state index contributed by atoms with van der Waals surface area (Å²) < 4.78 is 0. The third kappa shape index (κ3) is 3.78. The second-order valence-electron chi connectivity index (χ2n) is 5.43. The minimum Gasteiger partial charge on any atom is -0.342 e. The molecule has 1 unspecified atom stereocenters. The molecule has 0 aromatic rings. The predicted octanol–water partition coefficient (Wildman–Crippen LogP) is 2.02. The normalized spacial score (nSPS) is 23.2. The Hall–Kier alpha value is -0.570. The van der Waals surface area contributed by atoms with Crippen LogP contribution in [-0.4, -0.2) is 36.5 Å². The number of carbonyl (C=O) groups is 1. The molecule has 0 aromatic heterocycles. The number of piperidine rings is 1. The quantitative estimate of drug-likeness (QED) is 0.795. The number of amides is 1. The molecule has 3 nitrogen and oxygen atoms in total. The van der Waals surface area contributed by atoms with Gasteiger partial charge in [0, 0.05) is 13.1 Å². The molecule has 1 saturated heterocycles. The van der Waals surface area contributed by atoms with Crippen molar-refractivity contribution in [3.05, 3.63) is 0 Å². The van der Waals surface area contributed by atoms with Crippen LogP contribution in [-0.2, 0) is 4.79 Å². The van der Waals surface area contributed by atoms with Gasteiger partial charge in [-0.1, -0.05) is 20.3 Å². The molecule has 1 fully saturated rings. The third-order valence-electron chi connectivity index (χ3n) is 3.43. The van der Waals surface area contributed by atoms with Crippen LogP contribution in [0.2, 0.25) is 0 Å². The summed E-state index contributed by atoms with van der Waals surface area (Å²) in [6.45, 7) is 7.53. The molecule has 1 aliphatic heterocycles. The SMILES string of the molecule is CC(C)CC(C)N(C)C(=O)[C@H]1CCCCN1. The largest absolute Gasteiger partial charge is 0.342 e. The first kappa shape index (κ1) is 13.5. The first-order valence-electron chi connectivity index (χ1n) is 6.52. The summed E-state index contributed by atoms with van der Waals surface area (Å²) in [6.07, 6.45) is 4.46. The van der Waals surface area contributed by atoms with Crippen LogP contribution < -0.4 is 5.32 Å². The highest BCUT2D eigenvalue weighted by molar-refractivity contribution is 5.82. The van der Waals surface area contributed by atoms with Gasteiger partial charge in [0.2, 0.25) is 5.91 Å². The van der Waals surface area contributed by atoms with Gasteiger partial charge in [-0.3, -0.25) is 4.79 Å². The van der Waals surface area contributed by atoms with Crippen LogP contribution in [0.25, 0.3) is 0 Å². The molecule has 0 spiro atoms. The lowest BCUT2D eigenvalue weighted by Crippen LogP contribution is -2.49. The van der Waals surface area contributed by atoms with E-state index in [0.29, 0.717) is 12.0 Å². The zero-order valence-electron chi connectivity index (χ0n) is 11.1. The zero-order valence-corrected chi connectivity index (χ0v) is 11.1. The highest BCUT2D eigenvalue weighted by atomic mass is 16.2. The van der Waals surface area contributed by atoms with E-state index in [4.69, 9.17) is 0 Å². The van der Waals surface area contributed by atoms with Crippen molar-refractivity contribution < 1.29 is 4.79 Å². The van der Waals surface area contributed by atoms with Crippen molar-refractivity contribution in [2.24, 2.45) is 5.92 Å². The zero-order chi connectivity index (χ0) is 12.1. The number of likely N-dealkylation sites (N-methyl/N-ethyl adjacent to an activating group) is 1. The topological polar surface area (TPSA) is 32.3 Å². The van der Waals surface area contributed by atoms with Crippen LogP contribution >= 0.6 is 0 Å². The van der Waals surface area contributed by atoms with Gasteiger partial charge in [0.1, 0.15) is 0 Å². The van der Waals surface area contributed by atoms with E-state index >= 15 is 0 Å². The fraction of sp³-hybridized carbons (Fsp3) is 0.923. The van der Waals surface area contributed by atoms with Gasteiger partial charge < -0.3 is 10.2 Å². The Bertz CT molecular complexity index is 222. The maximum absolute atomic E-state index is 12.2. The molecule has 1 rings (SSSR count). The van der Waals surface area contributed by atoms with E-state index < -0.39 is 0 Å². The molecule has 1 aliphatic rings. The summed E-state index contributed by atoms with van der Waals surface area (Å²) in [5.74, 6) is 0.914. The average Bonchev–Trinajstić information content (AvgIpc) is 2.27. The van der Waals surface area contributed by atoms with Crippen molar-refractivity contribution in [3.63, 3.8) is 0 Å². The molecule has 1 N–H and O–H groups in total. The summed E-state index contributed by atoms with van der Waals surface area (Å²) in [4.78, 5) is 14.1. The minimum absolute atomic E-state index is 0.0633. The Balaban J connectivity index is 2.45. The number of hydrogen-bond donors (Lipinski definition) is 1. The number of carbonyl (C=O) groups excluding carboxylic acids is 1. The molecule has 2 atom stereocenters. The molecule has 3 heteroatoms. The molecule has 0 aromatic carbocycles. The number of nitrogens with one attached hydrogen (secondary N) is 1. The van der Waals surface area contributed by atoms with Gasteiger partial charge in [-0.2, -0.15) is 0 Å². The maximum Gasteiger partial charge on any atom is 0.239 e. The first-order chi connectivity index (χ1) is 7.52. The van der Waals surface area contributed by atoms with E-state index in [1.54, 1.807) is 0 Å². The molecular formula is C13H26N2O. The molecule has 94 valence electrons. The molecule has 0 aliphatic carbocycles. The van der Waals surface area contributed by atoms with Crippen LogP contribution in [0.5, 0.6) is 0 Å². The number of hydrogen-bond acceptors (Lipinski definition) is 2. The second-order valence-corrected chi connectivity index (χ2v) is 5.43. The van der Waals surface area contributed by atoms with E-state index in [1.165, 1.54) is 12.8 Å². The molecular weight excluding hydrogens is 200 g/mol. The molecule has 1 amide bonds. The van der Waals surface area contributed by atoms with Crippen LogP contribution in [0.3, 0.4) is 0 Å². The van der Waals surface area contributed by atoms with Crippen molar-refractivity contribution >= 4 is 5.91 Å². The Morgan fingerprint density at radius 3 is 2.56 bits per heavy atom. The van der Waals surface area contributed by atoms with E-state index in [2.05, 4.69) is 26.1 Å². The lowest BCUT2D eigenvalue weighted by atomic mass is 10.0. The van der Waals surface area contributed by atoms with E-state index in [-0.39, 0.29) is 11.9 Å². The predicted molar refractivity (Wildman–Crippen MR) is 67.3 cm³/mol. The third-order valence-corrected chi connectivity index (χ3v) is 3.43. The lowest BCUT2D eigenvalue weighted by molar-refractivity contribution is -0.134. The Kier molecular flexibility index (Phi) is 5.26. The highest BCUT2D eigenvalue weighted by Gasteiger charge is 2.26. The minimum atomic E-state index is 0.0633. The first-order valence-corrected chi connectivity index (χ1v) is 6.52. The van der Waals surface area contributed by atoms with Gasteiger partial charge in [-0.05, 0) is 38.6 Å². The monoisotopic (exact) mass is 226 g/mol. The van der Waals surface area contributed by atoms with Crippen LogP contribution in [0, 0.1) is 5.92 Å². The van der Waals surface area contributed by atoms with E-state index in [1.807, 2.05) is 11.9 Å². The van der Waals surface area contributed by atoms with Crippen LogP contribution in [0.15, 0.2) is 0 Å². The van der Waals surface area contributed by atoms with Crippen LogP contribution in [0.1, 0.15) is 46.5 Å². The summed E-state index contributed by atoms with van der Waals surface area (Å²) in [7, 11) is 1.94. The molecule has 0 saturated carbocycles. The summed E-state index contributed by atoms with van der Waals surface area (Å²) >= 11 is 0. The lowest BCUT2D eigenvalue weighted by Gasteiger charge is -2.32. The van der Waals surface area contributed by atoms with Crippen molar-refractivity contribution in [1.29, 1.82) is 0 Å². The van der Waals surface area contributed by atoms with Crippen molar-refractivity contribution in [3.8, 4) is 0 Å². The molecule has 0 bridgehead atoms.